The standard InChI is InChI=1S/C29H36N6O5S/c1-28(2,3)39-26(37)33-21-10-9-19(20-8-7-11-30-17-20)16-22(21)32-24(36)23-18-31-25(41-23)34-12-14-35(15-13-34)27(38)40-29(4,5)6/h7-11,16-18H,12-15H2,1-6H3,(H,32,36)(H,33,37). The molecule has 1 saturated heterocycles. The molecule has 2 N–H and O–H groups in total. The fraction of sp³-hybridized carbons (Fsp3) is 0.414. The Hall–Kier alpha value is -4.19. The first-order valence-electron chi connectivity index (χ1n) is 13.3. The molecule has 1 fully saturated rings. The van der Waals surface area contributed by atoms with Crippen LogP contribution in [0.4, 0.5) is 26.1 Å². The molecule has 0 spiro atoms. The molecule has 0 saturated carbocycles. The highest BCUT2D eigenvalue weighted by molar-refractivity contribution is 7.17. The van der Waals surface area contributed by atoms with Crippen molar-refractivity contribution in [1.29, 1.82) is 0 Å². The summed E-state index contributed by atoms with van der Waals surface area (Å²) in [7, 11) is 0. The molecular weight excluding hydrogens is 544 g/mol. The van der Waals surface area contributed by atoms with E-state index in [2.05, 4.69) is 20.6 Å². The van der Waals surface area contributed by atoms with E-state index < -0.39 is 17.3 Å². The first-order valence-corrected chi connectivity index (χ1v) is 14.1. The highest BCUT2D eigenvalue weighted by atomic mass is 32.1. The van der Waals surface area contributed by atoms with Crippen LogP contribution in [0.5, 0.6) is 0 Å². The second-order valence-corrected chi connectivity index (χ2v) is 12.6. The number of pyridine rings is 1. The number of nitrogens with zero attached hydrogens (tertiary/aromatic N) is 4. The zero-order chi connectivity index (χ0) is 29.8. The van der Waals surface area contributed by atoms with Crippen molar-refractivity contribution >= 4 is 45.9 Å². The van der Waals surface area contributed by atoms with E-state index in [0.717, 1.165) is 11.1 Å². The summed E-state index contributed by atoms with van der Waals surface area (Å²) >= 11 is 1.26. The molecule has 41 heavy (non-hydrogen) atoms. The van der Waals surface area contributed by atoms with Gasteiger partial charge in [-0.1, -0.05) is 23.5 Å². The third-order valence-corrected chi connectivity index (χ3v) is 6.87. The monoisotopic (exact) mass is 580 g/mol. The molecule has 0 aliphatic carbocycles. The van der Waals surface area contributed by atoms with E-state index in [1.54, 1.807) is 50.2 Å². The van der Waals surface area contributed by atoms with E-state index in [0.29, 0.717) is 47.6 Å². The Morgan fingerprint density at radius 3 is 2.20 bits per heavy atom. The van der Waals surface area contributed by atoms with Crippen molar-refractivity contribution in [2.45, 2.75) is 52.7 Å². The number of anilines is 3. The molecule has 0 unspecified atom stereocenters. The molecule has 3 amide bonds. The minimum Gasteiger partial charge on any atom is -0.444 e. The van der Waals surface area contributed by atoms with Gasteiger partial charge in [-0.05, 0) is 65.3 Å². The van der Waals surface area contributed by atoms with Crippen molar-refractivity contribution in [1.82, 2.24) is 14.9 Å². The first kappa shape index (κ1) is 29.8. The largest absolute Gasteiger partial charge is 0.444 e. The first-order chi connectivity index (χ1) is 19.3. The van der Waals surface area contributed by atoms with Gasteiger partial charge < -0.3 is 24.6 Å². The van der Waals surface area contributed by atoms with E-state index in [9.17, 15) is 14.4 Å². The van der Waals surface area contributed by atoms with Gasteiger partial charge in [0, 0.05) is 44.1 Å². The lowest BCUT2D eigenvalue weighted by molar-refractivity contribution is 0.0240. The number of nitrogens with one attached hydrogen (secondary N) is 2. The van der Waals surface area contributed by atoms with Gasteiger partial charge in [-0.15, -0.1) is 0 Å². The smallest absolute Gasteiger partial charge is 0.412 e. The van der Waals surface area contributed by atoms with E-state index in [1.165, 1.54) is 17.5 Å². The second kappa shape index (κ2) is 12.1. The molecule has 0 radical (unpaired) electrons. The number of amides is 3. The van der Waals surface area contributed by atoms with Crippen molar-refractivity contribution in [3.63, 3.8) is 0 Å². The third-order valence-electron chi connectivity index (χ3n) is 5.82. The minimum absolute atomic E-state index is 0.333. The fourth-order valence-corrected chi connectivity index (χ4v) is 4.85. The molecule has 1 aromatic carbocycles. The summed E-state index contributed by atoms with van der Waals surface area (Å²) in [6.45, 7) is 13.0. The van der Waals surface area contributed by atoms with Gasteiger partial charge >= 0.3 is 12.2 Å². The van der Waals surface area contributed by atoms with Gasteiger partial charge in [-0.3, -0.25) is 15.1 Å². The van der Waals surface area contributed by atoms with Crippen LogP contribution in [-0.2, 0) is 9.47 Å². The summed E-state index contributed by atoms with van der Waals surface area (Å²) in [4.78, 5) is 51.0. The number of piperazine rings is 1. The summed E-state index contributed by atoms with van der Waals surface area (Å²) in [6, 6.07) is 9.06. The zero-order valence-electron chi connectivity index (χ0n) is 24.2. The lowest BCUT2D eigenvalue weighted by Gasteiger charge is -2.35. The zero-order valence-corrected chi connectivity index (χ0v) is 25.0. The van der Waals surface area contributed by atoms with Gasteiger partial charge in [0.15, 0.2) is 5.13 Å². The van der Waals surface area contributed by atoms with Crippen molar-refractivity contribution in [2.24, 2.45) is 0 Å². The molecule has 4 rings (SSSR count). The normalized spacial score (nSPS) is 13.9. The molecule has 3 heterocycles. The summed E-state index contributed by atoms with van der Waals surface area (Å²) < 4.78 is 10.9. The predicted molar refractivity (Wildman–Crippen MR) is 160 cm³/mol. The topological polar surface area (TPSA) is 126 Å². The number of hydrogen-bond donors (Lipinski definition) is 2. The lowest BCUT2D eigenvalue weighted by Crippen LogP contribution is -2.50. The van der Waals surface area contributed by atoms with Gasteiger partial charge in [-0.25, -0.2) is 14.6 Å². The Morgan fingerprint density at radius 2 is 1.56 bits per heavy atom. The minimum atomic E-state index is -0.680. The number of ether oxygens (including phenoxy) is 2. The number of hydrogen-bond acceptors (Lipinski definition) is 9. The number of benzene rings is 1. The molecular formula is C29H36N6O5S. The molecule has 2 aromatic heterocycles. The average Bonchev–Trinajstić information content (AvgIpc) is 3.39. The summed E-state index contributed by atoms with van der Waals surface area (Å²) in [5.74, 6) is -0.364. The van der Waals surface area contributed by atoms with Crippen LogP contribution in [0.1, 0.15) is 51.2 Å². The maximum absolute atomic E-state index is 13.3. The summed E-state index contributed by atoms with van der Waals surface area (Å²) in [5, 5.41) is 6.34. The van der Waals surface area contributed by atoms with Crippen LogP contribution in [0, 0.1) is 0 Å². The number of thiazole rings is 1. The van der Waals surface area contributed by atoms with Crippen LogP contribution in [0.3, 0.4) is 0 Å². The predicted octanol–water partition coefficient (Wildman–Crippen LogP) is 5.86. The number of rotatable bonds is 5. The lowest BCUT2D eigenvalue weighted by atomic mass is 10.1. The molecule has 3 aromatic rings. The van der Waals surface area contributed by atoms with Crippen molar-refractivity contribution in [3.8, 4) is 11.1 Å². The Labute approximate surface area is 243 Å². The quantitative estimate of drug-likeness (QED) is 0.384. The van der Waals surface area contributed by atoms with E-state index in [4.69, 9.17) is 9.47 Å². The van der Waals surface area contributed by atoms with E-state index in [1.807, 2.05) is 43.9 Å². The highest BCUT2D eigenvalue weighted by Crippen LogP contribution is 2.31. The molecule has 218 valence electrons. The summed E-state index contributed by atoms with van der Waals surface area (Å²) in [5.41, 5.74) is 1.24. The third kappa shape index (κ3) is 8.40. The van der Waals surface area contributed by atoms with Crippen LogP contribution in [0.15, 0.2) is 48.9 Å². The molecule has 11 nitrogen and oxygen atoms in total. The van der Waals surface area contributed by atoms with Crippen LogP contribution in [0.25, 0.3) is 11.1 Å². The van der Waals surface area contributed by atoms with Crippen LogP contribution in [0.2, 0.25) is 0 Å². The van der Waals surface area contributed by atoms with Gasteiger partial charge in [-0.2, -0.15) is 0 Å². The maximum atomic E-state index is 13.3. The number of carbonyl (C=O) groups is 3. The van der Waals surface area contributed by atoms with Crippen molar-refractivity contribution < 1.29 is 23.9 Å². The molecule has 0 bridgehead atoms. The van der Waals surface area contributed by atoms with E-state index in [-0.39, 0.29) is 12.0 Å². The highest BCUT2D eigenvalue weighted by Gasteiger charge is 2.27. The van der Waals surface area contributed by atoms with Gasteiger partial charge in [0.1, 0.15) is 16.1 Å². The Morgan fingerprint density at radius 1 is 0.854 bits per heavy atom. The maximum Gasteiger partial charge on any atom is 0.412 e. The van der Waals surface area contributed by atoms with Crippen LogP contribution < -0.4 is 15.5 Å². The van der Waals surface area contributed by atoms with Crippen LogP contribution >= 0.6 is 11.3 Å². The SMILES string of the molecule is CC(C)(C)OC(=O)Nc1ccc(-c2cccnc2)cc1NC(=O)c1cnc(N2CCN(C(=O)OC(C)(C)C)CC2)s1. The Balaban J connectivity index is 1.47. The van der Waals surface area contributed by atoms with Crippen LogP contribution in [-0.4, -0.2) is 70.3 Å². The second-order valence-electron chi connectivity index (χ2n) is 11.5. The summed E-state index contributed by atoms with van der Waals surface area (Å²) in [6.07, 6.45) is 3.97. The molecule has 1 aliphatic heterocycles. The van der Waals surface area contributed by atoms with Crippen molar-refractivity contribution in [2.75, 3.05) is 41.7 Å². The van der Waals surface area contributed by atoms with Gasteiger partial charge in [0.05, 0.1) is 17.6 Å². The number of carbonyl (C=O) groups excluding carboxylic acids is 3. The average molecular weight is 581 g/mol. The molecule has 1 aliphatic rings. The number of aromatic nitrogens is 2. The Kier molecular flexibility index (Phi) is 8.81. The molecule has 12 heteroatoms. The molecule has 0 atom stereocenters. The Bertz CT molecular complexity index is 1390. The van der Waals surface area contributed by atoms with Gasteiger partial charge in [0.2, 0.25) is 0 Å². The fourth-order valence-electron chi connectivity index (χ4n) is 3.99. The van der Waals surface area contributed by atoms with Gasteiger partial charge in [0.25, 0.3) is 5.91 Å². The van der Waals surface area contributed by atoms with E-state index >= 15 is 0 Å². The van der Waals surface area contributed by atoms with Crippen molar-refractivity contribution in [3.05, 3.63) is 53.8 Å².